The molecule has 4 aliphatic rings. The van der Waals surface area contributed by atoms with Crippen molar-refractivity contribution in [1.29, 1.82) is 0 Å². The van der Waals surface area contributed by atoms with Gasteiger partial charge in [-0.3, -0.25) is 9.69 Å². The number of nitrogens with zero attached hydrogens (tertiary/aromatic N) is 4. The fraction of sp³-hybridized carbons (Fsp3) is 0.643. The van der Waals surface area contributed by atoms with E-state index in [0.29, 0.717) is 24.8 Å². The molecule has 0 spiro atoms. The molecular weight excluding hydrogens is 472 g/mol. The molecule has 4 fully saturated rings. The van der Waals surface area contributed by atoms with Gasteiger partial charge in [0, 0.05) is 24.2 Å². The molecule has 2 aliphatic heterocycles. The Morgan fingerprint density at radius 2 is 1.68 bits per heavy atom. The van der Waals surface area contributed by atoms with Crippen LogP contribution in [0.2, 0.25) is 0 Å². The quantitative estimate of drug-likeness (QED) is 0.486. The van der Waals surface area contributed by atoms with Crippen LogP contribution in [0.1, 0.15) is 69.5 Å². The highest BCUT2D eigenvalue weighted by atomic mass is 16.6. The van der Waals surface area contributed by atoms with E-state index in [2.05, 4.69) is 15.0 Å². The van der Waals surface area contributed by atoms with E-state index in [9.17, 15) is 14.7 Å². The highest BCUT2D eigenvalue weighted by Crippen LogP contribution is 2.44. The Morgan fingerprint density at radius 1 is 1.00 bits per heavy atom. The number of oxime groups is 1. The molecule has 2 aromatic rings. The number of benzene rings is 1. The summed E-state index contributed by atoms with van der Waals surface area (Å²) in [6.45, 7) is 1.35. The summed E-state index contributed by atoms with van der Waals surface area (Å²) >= 11 is 0. The number of carboxylic acids is 1. The van der Waals surface area contributed by atoms with Crippen molar-refractivity contribution in [3.05, 3.63) is 40.3 Å². The predicted octanol–water partition coefficient (Wildman–Crippen LogP) is 3.59. The first-order chi connectivity index (χ1) is 18.0. The van der Waals surface area contributed by atoms with Gasteiger partial charge in [0.05, 0.1) is 24.2 Å². The molecule has 2 saturated carbocycles. The number of ether oxygens (including phenoxy) is 1. The smallest absolute Gasteiger partial charge is 0.360 e. The molecule has 9 heteroatoms. The number of fused-ring (bicyclic) bond motifs is 5. The number of morpholine rings is 1. The fourth-order valence-corrected chi connectivity index (χ4v) is 7.78. The molecule has 5 atom stereocenters. The van der Waals surface area contributed by atoms with Crippen molar-refractivity contribution in [3.8, 4) is 0 Å². The van der Waals surface area contributed by atoms with Crippen LogP contribution in [0.4, 0.5) is 0 Å². The molecule has 1 aromatic heterocycles. The molecule has 198 valence electrons. The molecule has 2 saturated heterocycles. The molecular formula is C28H36N4O5. The number of hydrogen-bond donors (Lipinski definition) is 1. The molecule has 0 radical (unpaired) electrons. The van der Waals surface area contributed by atoms with E-state index < -0.39 is 17.2 Å². The average molecular weight is 509 g/mol. The zero-order valence-corrected chi connectivity index (χ0v) is 21.4. The molecule has 4 bridgehead atoms. The van der Waals surface area contributed by atoms with Crippen LogP contribution in [0.3, 0.4) is 0 Å². The van der Waals surface area contributed by atoms with E-state index in [1.54, 1.807) is 4.57 Å². The number of piperidine rings is 1. The highest BCUT2D eigenvalue weighted by Gasteiger charge is 2.46. The van der Waals surface area contributed by atoms with Crippen LogP contribution in [0.5, 0.6) is 0 Å². The largest absolute Gasteiger partial charge is 0.476 e. The van der Waals surface area contributed by atoms with Crippen molar-refractivity contribution in [2.75, 3.05) is 20.3 Å². The standard InChI is InChI=1S/C28H36N4O5/c1-36-30-26(28(34)35)25-27(33)32(24-9-5-4-8-23(24)29-25)20-13-21-15-37-16-22(14-20)31(21)19-11-17-6-2-3-7-18(10-17)12-19/h4-5,8-9,17-22H,2-3,6-7,10-16H2,1H3,(H,34,35)/t17-,18?,19?,21+,22+/m1/s1. The number of aliphatic carboxylic acids is 1. The van der Waals surface area contributed by atoms with Crippen molar-refractivity contribution in [2.24, 2.45) is 17.0 Å². The molecule has 9 nitrogen and oxygen atoms in total. The lowest BCUT2D eigenvalue weighted by Crippen LogP contribution is -2.62. The van der Waals surface area contributed by atoms with Gasteiger partial charge in [-0.1, -0.05) is 43.0 Å². The molecule has 3 heterocycles. The van der Waals surface area contributed by atoms with E-state index in [-0.39, 0.29) is 23.8 Å². The molecule has 6 rings (SSSR count). The third kappa shape index (κ3) is 4.56. The van der Waals surface area contributed by atoms with Crippen LogP contribution < -0.4 is 5.56 Å². The number of carbonyl (C=O) groups is 1. The molecule has 2 unspecified atom stereocenters. The van der Waals surface area contributed by atoms with Crippen LogP contribution in [0.25, 0.3) is 11.0 Å². The fourth-order valence-electron chi connectivity index (χ4n) is 7.78. The van der Waals surface area contributed by atoms with Crippen LogP contribution in [0, 0.1) is 11.8 Å². The van der Waals surface area contributed by atoms with Crippen LogP contribution in [0.15, 0.2) is 34.2 Å². The summed E-state index contributed by atoms with van der Waals surface area (Å²) in [5.41, 5.74) is 0.200. The zero-order chi connectivity index (χ0) is 25.5. The summed E-state index contributed by atoms with van der Waals surface area (Å²) in [5, 5.41) is 13.4. The van der Waals surface area contributed by atoms with Gasteiger partial charge in [0.15, 0.2) is 5.69 Å². The second-order valence-electron chi connectivity index (χ2n) is 11.3. The van der Waals surface area contributed by atoms with Gasteiger partial charge in [0.2, 0.25) is 5.71 Å². The number of hydrogen-bond acceptors (Lipinski definition) is 7. The normalized spacial score (nSPS) is 32.6. The first kappa shape index (κ1) is 24.6. The van der Waals surface area contributed by atoms with Gasteiger partial charge >= 0.3 is 5.97 Å². The molecule has 37 heavy (non-hydrogen) atoms. The van der Waals surface area contributed by atoms with Gasteiger partial charge in [0.1, 0.15) is 7.11 Å². The maximum Gasteiger partial charge on any atom is 0.360 e. The first-order valence-corrected chi connectivity index (χ1v) is 13.7. The Morgan fingerprint density at radius 3 is 2.32 bits per heavy atom. The minimum Gasteiger partial charge on any atom is -0.476 e. The van der Waals surface area contributed by atoms with Gasteiger partial charge in [-0.05, 0) is 56.1 Å². The lowest BCUT2D eigenvalue weighted by molar-refractivity contribution is -0.129. The van der Waals surface area contributed by atoms with Crippen molar-refractivity contribution in [2.45, 2.75) is 82.0 Å². The third-order valence-electron chi connectivity index (χ3n) is 9.10. The second-order valence-corrected chi connectivity index (χ2v) is 11.3. The lowest BCUT2D eigenvalue weighted by atomic mass is 9.75. The van der Waals surface area contributed by atoms with Gasteiger partial charge in [-0.15, -0.1) is 0 Å². The van der Waals surface area contributed by atoms with Crippen LogP contribution in [-0.2, 0) is 14.4 Å². The second kappa shape index (κ2) is 10.2. The van der Waals surface area contributed by atoms with Gasteiger partial charge in [-0.25, -0.2) is 9.78 Å². The monoisotopic (exact) mass is 508 g/mol. The van der Waals surface area contributed by atoms with Crippen molar-refractivity contribution >= 4 is 22.7 Å². The Kier molecular flexibility index (Phi) is 6.75. The van der Waals surface area contributed by atoms with Crippen LogP contribution in [-0.4, -0.2) is 69.7 Å². The number of para-hydroxylation sites is 2. The lowest BCUT2D eigenvalue weighted by Gasteiger charge is -2.54. The van der Waals surface area contributed by atoms with E-state index in [0.717, 1.165) is 30.2 Å². The SMILES string of the molecule is CON=C(C(=O)O)c1nc2ccccc2n(C2C[C@H]3COC[C@H](C2)N3C2CC3CCCC[C@H](C3)C2)c1=O. The van der Waals surface area contributed by atoms with Gasteiger partial charge in [0.25, 0.3) is 5.56 Å². The van der Waals surface area contributed by atoms with Crippen molar-refractivity contribution < 1.29 is 19.5 Å². The van der Waals surface area contributed by atoms with Gasteiger partial charge in [-0.2, -0.15) is 0 Å². The van der Waals surface area contributed by atoms with E-state index in [1.807, 2.05) is 24.3 Å². The maximum atomic E-state index is 13.8. The summed E-state index contributed by atoms with van der Waals surface area (Å²) in [5.74, 6) is 0.344. The topological polar surface area (TPSA) is 106 Å². The van der Waals surface area contributed by atoms with E-state index >= 15 is 0 Å². The molecule has 0 amide bonds. The van der Waals surface area contributed by atoms with E-state index in [1.165, 1.54) is 52.1 Å². The first-order valence-electron chi connectivity index (χ1n) is 13.7. The molecule has 1 N–H and O–H groups in total. The minimum absolute atomic E-state index is 0.0715. The van der Waals surface area contributed by atoms with Gasteiger partial charge < -0.3 is 19.2 Å². The maximum absolute atomic E-state index is 13.8. The van der Waals surface area contributed by atoms with Crippen molar-refractivity contribution in [1.82, 2.24) is 14.5 Å². The Bertz CT molecular complexity index is 1230. The molecule has 2 aliphatic carbocycles. The Hall–Kier alpha value is -2.78. The summed E-state index contributed by atoms with van der Waals surface area (Å²) in [6.07, 6.45) is 11.0. The number of aromatic nitrogens is 2. The van der Waals surface area contributed by atoms with Crippen molar-refractivity contribution in [3.63, 3.8) is 0 Å². The Labute approximate surface area is 216 Å². The number of rotatable bonds is 5. The summed E-state index contributed by atoms with van der Waals surface area (Å²) in [6, 6.07) is 8.45. The summed E-state index contributed by atoms with van der Waals surface area (Å²) in [4.78, 5) is 37.7. The highest BCUT2D eigenvalue weighted by molar-refractivity contribution is 6.41. The molecule has 1 aromatic carbocycles. The van der Waals surface area contributed by atoms with Crippen LogP contribution >= 0.6 is 0 Å². The summed E-state index contributed by atoms with van der Waals surface area (Å²) in [7, 11) is 1.26. The zero-order valence-electron chi connectivity index (χ0n) is 21.4. The predicted molar refractivity (Wildman–Crippen MR) is 139 cm³/mol. The Balaban J connectivity index is 1.36. The number of carboxylic acid groups (broad SMARTS) is 1. The summed E-state index contributed by atoms with van der Waals surface area (Å²) < 4.78 is 7.82. The minimum atomic E-state index is -1.34. The average Bonchev–Trinajstić information content (AvgIpc) is 3.05. The van der Waals surface area contributed by atoms with E-state index in [4.69, 9.17) is 9.57 Å². The third-order valence-corrected chi connectivity index (χ3v) is 9.10.